The first-order chi connectivity index (χ1) is 9.52. The van der Waals surface area contributed by atoms with Gasteiger partial charge < -0.3 is 9.47 Å². The molecule has 0 spiro atoms. The van der Waals surface area contributed by atoms with Crippen LogP contribution in [0.15, 0.2) is 0 Å². The van der Waals surface area contributed by atoms with Crippen molar-refractivity contribution in [3.05, 3.63) is 0 Å². The lowest BCUT2D eigenvalue weighted by atomic mass is 9.82. The number of hydrogen-bond donors (Lipinski definition) is 0. The lowest BCUT2D eigenvalue weighted by Gasteiger charge is -2.27. The summed E-state index contributed by atoms with van der Waals surface area (Å²) >= 11 is 0. The lowest BCUT2D eigenvalue weighted by Crippen LogP contribution is -2.41. The molecule has 0 aromatic rings. The number of hydrogen-bond acceptors (Lipinski definition) is 4. The molecule has 0 atom stereocenters. The first-order valence-electron chi connectivity index (χ1n) is 7.86. The molecule has 0 fully saturated rings. The summed E-state index contributed by atoms with van der Waals surface area (Å²) in [7, 11) is 0. The number of rotatable bonds is 10. The molecule has 0 unspecified atom stereocenters. The van der Waals surface area contributed by atoms with Crippen molar-refractivity contribution >= 4 is 11.9 Å². The Labute approximate surface area is 123 Å². The molecule has 0 bridgehead atoms. The third-order valence-corrected chi connectivity index (χ3v) is 4.03. The van der Waals surface area contributed by atoms with E-state index in [-0.39, 0.29) is 0 Å². The van der Waals surface area contributed by atoms with E-state index in [0.29, 0.717) is 32.0 Å². The Morgan fingerprint density at radius 3 is 1.80 bits per heavy atom. The van der Waals surface area contributed by atoms with E-state index in [1.54, 1.807) is 0 Å². The molecule has 0 aliphatic carbocycles. The van der Waals surface area contributed by atoms with E-state index in [1.807, 2.05) is 20.8 Å². The van der Waals surface area contributed by atoms with Crippen LogP contribution in [0.1, 0.15) is 66.7 Å². The Morgan fingerprint density at radius 1 is 0.900 bits per heavy atom. The second-order valence-electron chi connectivity index (χ2n) is 5.21. The second kappa shape index (κ2) is 9.78. The molecule has 20 heavy (non-hydrogen) atoms. The standard InChI is InChI=1S/C16H30O4/c1-6-11-19-14(17)16(9-4,10-5)15(18)20-12-13(7-2)8-3/h13H,6-12H2,1-5H3. The maximum Gasteiger partial charge on any atom is 0.323 e. The van der Waals surface area contributed by atoms with Gasteiger partial charge in [0.2, 0.25) is 0 Å². The molecular formula is C16H30O4. The summed E-state index contributed by atoms with van der Waals surface area (Å²) < 4.78 is 10.6. The molecule has 0 N–H and O–H groups in total. The predicted molar refractivity (Wildman–Crippen MR) is 79.3 cm³/mol. The van der Waals surface area contributed by atoms with Crippen molar-refractivity contribution in [3.8, 4) is 0 Å². The average molecular weight is 286 g/mol. The van der Waals surface area contributed by atoms with E-state index in [9.17, 15) is 9.59 Å². The molecule has 4 heteroatoms. The van der Waals surface area contributed by atoms with Crippen molar-refractivity contribution in [2.24, 2.45) is 11.3 Å². The summed E-state index contributed by atoms with van der Waals surface area (Å²) in [4.78, 5) is 24.5. The Hall–Kier alpha value is -1.06. The van der Waals surface area contributed by atoms with Gasteiger partial charge in [-0.3, -0.25) is 9.59 Å². The third kappa shape index (κ3) is 4.80. The van der Waals surface area contributed by atoms with Gasteiger partial charge in [0.1, 0.15) is 0 Å². The van der Waals surface area contributed by atoms with Crippen molar-refractivity contribution in [3.63, 3.8) is 0 Å². The zero-order valence-electron chi connectivity index (χ0n) is 13.7. The van der Waals surface area contributed by atoms with Gasteiger partial charge in [0.25, 0.3) is 0 Å². The van der Waals surface area contributed by atoms with E-state index < -0.39 is 17.4 Å². The van der Waals surface area contributed by atoms with Crippen LogP contribution in [0.2, 0.25) is 0 Å². The Kier molecular flexibility index (Phi) is 9.26. The summed E-state index contributed by atoms with van der Waals surface area (Å²) in [6.07, 6.45) is 3.50. The van der Waals surface area contributed by atoms with Crippen LogP contribution in [-0.4, -0.2) is 25.2 Å². The topological polar surface area (TPSA) is 52.6 Å². The predicted octanol–water partition coefficient (Wildman–Crippen LogP) is 3.73. The fourth-order valence-corrected chi connectivity index (χ4v) is 2.10. The molecule has 0 saturated carbocycles. The largest absolute Gasteiger partial charge is 0.465 e. The summed E-state index contributed by atoms with van der Waals surface area (Å²) in [5.74, 6) is -0.522. The van der Waals surface area contributed by atoms with Crippen LogP contribution in [-0.2, 0) is 19.1 Å². The van der Waals surface area contributed by atoms with Gasteiger partial charge in [0, 0.05) is 0 Å². The number of carbonyl (C=O) groups is 2. The van der Waals surface area contributed by atoms with Crippen molar-refractivity contribution < 1.29 is 19.1 Å². The van der Waals surface area contributed by atoms with Gasteiger partial charge >= 0.3 is 11.9 Å². The molecule has 0 rings (SSSR count). The first-order valence-corrected chi connectivity index (χ1v) is 7.86. The molecule has 118 valence electrons. The Bertz CT molecular complexity index is 291. The zero-order valence-corrected chi connectivity index (χ0v) is 13.7. The first kappa shape index (κ1) is 18.9. The minimum absolute atomic E-state index is 0.348. The molecule has 0 heterocycles. The van der Waals surface area contributed by atoms with Gasteiger partial charge in [-0.1, -0.05) is 47.5 Å². The Balaban J connectivity index is 4.79. The van der Waals surface area contributed by atoms with Gasteiger partial charge in [-0.05, 0) is 25.2 Å². The van der Waals surface area contributed by atoms with Crippen LogP contribution in [0.5, 0.6) is 0 Å². The van der Waals surface area contributed by atoms with Crippen LogP contribution in [0.3, 0.4) is 0 Å². The van der Waals surface area contributed by atoms with E-state index in [4.69, 9.17) is 9.47 Å². The SMILES string of the molecule is CCCOC(=O)C(CC)(CC)C(=O)OCC(CC)CC. The van der Waals surface area contributed by atoms with Gasteiger partial charge in [-0.25, -0.2) is 0 Å². The molecule has 4 nitrogen and oxygen atoms in total. The third-order valence-electron chi connectivity index (χ3n) is 4.03. The van der Waals surface area contributed by atoms with Gasteiger partial charge in [0.15, 0.2) is 5.41 Å². The molecule has 0 aromatic carbocycles. The summed E-state index contributed by atoms with van der Waals surface area (Å²) in [6, 6.07) is 0. The molecule has 0 saturated heterocycles. The molecule has 0 aliphatic rings. The van der Waals surface area contributed by atoms with Crippen molar-refractivity contribution in [1.82, 2.24) is 0 Å². The van der Waals surface area contributed by atoms with Crippen molar-refractivity contribution in [2.75, 3.05) is 13.2 Å². The minimum Gasteiger partial charge on any atom is -0.465 e. The summed E-state index contributed by atoms with van der Waals surface area (Å²) in [5, 5.41) is 0. The molecule has 0 radical (unpaired) electrons. The smallest absolute Gasteiger partial charge is 0.323 e. The van der Waals surface area contributed by atoms with Gasteiger partial charge in [-0.2, -0.15) is 0 Å². The molecule has 0 amide bonds. The van der Waals surface area contributed by atoms with E-state index >= 15 is 0 Å². The van der Waals surface area contributed by atoms with E-state index in [2.05, 4.69) is 13.8 Å². The minimum atomic E-state index is -1.14. The van der Waals surface area contributed by atoms with Crippen molar-refractivity contribution in [2.45, 2.75) is 66.7 Å². The maximum absolute atomic E-state index is 12.3. The van der Waals surface area contributed by atoms with Gasteiger partial charge in [-0.15, -0.1) is 0 Å². The number of carbonyl (C=O) groups excluding carboxylic acids is 2. The zero-order chi connectivity index (χ0) is 15.6. The highest BCUT2D eigenvalue weighted by molar-refractivity contribution is 5.99. The lowest BCUT2D eigenvalue weighted by molar-refractivity contribution is -0.174. The highest BCUT2D eigenvalue weighted by Gasteiger charge is 2.45. The number of esters is 2. The highest BCUT2D eigenvalue weighted by Crippen LogP contribution is 2.30. The van der Waals surface area contributed by atoms with Crippen LogP contribution in [0, 0.1) is 11.3 Å². The second-order valence-corrected chi connectivity index (χ2v) is 5.21. The molecular weight excluding hydrogens is 256 g/mol. The maximum atomic E-state index is 12.3. The van der Waals surface area contributed by atoms with Gasteiger partial charge in [0.05, 0.1) is 13.2 Å². The van der Waals surface area contributed by atoms with Crippen LogP contribution in [0.25, 0.3) is 0 Å². The quantitative estimate of drug-likeness (QED) is 0.453. The molecule has 0 aromatic heterocycles. The van der Waals surface area contributed by atoms with Crippen LogP contribution < -0.4 is 0 Å². The number of ether oxygens (including phenoxy) is 2. The fourth-order valence-electron chi connectivity index (χ4n) is 2.10. The Morgan fingerprint density at radius 2 is 1.40 bits per heavy atom. The van der Waals surface area contributed by atoms with E-state index in [1.165, 1.54) is 0 Å². The fraction of sp³-hybridized carbons (Fsp3) is 0.875. The highest BCUT2D eigenvalue weighted by atomic mass is 16.6. The summed E-state index contributed by atoms with van der Waals surface area (Å²) in [6.45, 7) is 10.5. The average Bonchev–Trinajstić information content (AvgIpc) is 2.47. The van der Waals surface area contributed by atoms with E-state index in [0.717, 1.165) is 19.3 Å². The monoisotopic (exact) mass is 286 g/mol. The van der Waals surface area contributed by atoms with Crippen molar-refractivity contribution in [1.29, 1.82) is 0 Å². The normalized spacial score (nSPS) is 11.5. The van der Waals surface area contributed by atoms with Crippen LogP contribution >= 0.6 is 0 Å². The summed E-state index contributed by atoms with van der Waals surface area (Å²) in [5.41, 5.74) is -1.14. The molecule has 0 aliphatic heterocycles. The van der Waals surface area contributed by atoms with Crippen LogP contribution in [0.4, 0.5) is 0 Å².